The molecule has 0 radical (unpaired) electrons. The van der Waals surface area contributed by atoms with E-state index in [4.69, 9.17) is 0 Å². The number of anilines is 1. The highest BCUT2D eigenvalue weighted by Gasteiger charge is 2.33. The predicted octanol–water partition coefficient (Wildman–Crippen LogP) is 3.50. The Morgan fingerprint density at radius 2 is 2.18 bits per heavy atom. The molecule has 2 aliphatic rings. The second-order valence-corrected chi connectivity index (χ2v) is 7.21. The van der Waals surface area contributed by atoms with Crippen LogP contribution in [0, 0.1) is 0 Å². The van der Waals surface area contributed by atoms with Gasteiger partial charge in [0.2, 0.25) is 5.13 Å². The first kappa shape index (κ1) is 11.8. The average molecular weight is 269 g/mol. The first-order valence-electron chi connectivity index (χ1n) is 6.44. The van der Waals surface area contributed by atoms with Crippen LogP contribution in [0.2, 0.25) is 0 Å². The van der Waals surface area contributed by atoms with Crippen LogP contribution in [0.3, 0.4) is 0 Å². The van der Waals surface area contributed by atoms with E-state index in [0.717, 1.165) is 17.5 Å². The number of nitrogens with zero attached hydrogens (tertiary/aromatic N) is 2. The number of thioether (sulfide) groups is 1. The molecule has 94 valence electrons. The van der Waals surface area contributed by atoms with Gasteiger partial charge >= 0.3 is 0 Å². The Labute approximate surface area is 111 Å². The van der Waals surface area contributed by atoms with Gasteiger partial charge in [0.1, 0.15) is 5.82 Å². The second kappa shape index (κ2) is 4.76. The van der Waals surface area contributed by atoms with E-state index in [0.29, 0.717) is 10.7 Å². The van der Waals surface area contributed by atoms with E-state index in [1.165, 1.54) is 50.1 Å². The van der Waals surface area contributed by atoms with Gasteiger partial charge in [0.05, 0.1) is 0 Å². The molecule has 1 heterocycles. The fourth-order valence-electron chi connectivity index (χ4n) is 2.52. The maximum atomic E-state index is 4.59. The van der Waals surface area contributed by atoms with Crippen LogP contribution in [0.5, 0.6) is 0 Å². The van der Waals surface area contributed by atoms with Crippen LogP contribution in [0.1, 0.15) is 50.3 Å². The van der Waals surface area contributed by atoms with E-state index in [9.17, 15) is 0 Å². The quantitative estimate of drug-likeness (QED) is 0.888. The van der Waals surface area contributed by atoms with E-state index in [2.05, 4.69) is 20.9 Å². The van der Waals surface area contributed by atoms with E-state index in [1.54, 1.807) is 0 Å². The van der Waals surface area contributed by atoms with Crippen molar-refractivity contribution in [3.8, 4) is 0 Å². The lowest BCUT2D eigenvalue weighted by atomic mass is 10.1. The van der Waals surface area contributed by atoms with Gasteiger partial charge in [-0.25, -0.2) is 4.98 Å². The zero-order chi connectivity index (χ0) is 11.7. The molecule has 1 aromatic rings. The van der Waals surface area contributed by atoms with Gasteiger partial charge in [-0.15, -0.1) is 0 Å². The topological polar surface area (TPSA) is 37.8 Å². The molecule has 2 fully saturated rings. The van der Waals surface area contributed by atoms with Gasteiger partial charge < -0.3 is 5.32 Å². The highest BCUT2D eigenvalue weighted by Crippen LogP contribution is 2.41. The third-order valence-electron chi connectivity index (χ3n) is 3.89. The van der Waals surface area contributed by atoms with Gasteiger partial charge in [0.15, 0.2) is 0 Å². The van der Waals surface area contributed by atoms with Gasteiger partial charge in [-0.1, -0.05) is 12.8 Å². The summed E-state index contributed by atoms with van der Waals surface area (Å²) in [6, 6.07) is 0. The van der Waals surface area contributed by atoms with Crippen LogP contribution in [-0.2, 0) is 0 Å². The van der Waals surface area contributed by atoms with Gasteiger partial charge in [-0.05, 0) is 31.9 Å². The minimum atomic E-state index is 0.450. The number of hydrogen-bond acceptors (Lipinski definition) is 5. The molecule has 17 heavy (non-hydrogen) atoms. The minimum Gasteiger partial charge on any atom is -0.359 e. The summed E-state index contributed by atoms with van der Waals surface area (Å²) in [5, 5.41) is 4.53. The molecule has 2 aliphatic carbocycles. The third-order valence-corrected chi connectivity index (χ3v) is 6.00. The van der Waals surface area contributed by atoms with E-state index in [1.807, 2.05) is 11.8 Å². The Hall–Kier alpha value is -0.290. The maximum absolute atomic E-state index is 4.59. The zero-order valence-corrected chi connectivity index (χ0v) is 11.9. The van der Waals surface area contributed by atoms with Crippen molar-refractivity contribution in [2.24, 2.45) is 0 Å². The van der Waals surface area contributed by atoms with Crippen LogP contribution in [0.15, 0.2) is 0 Å². The molecule has 0 aliphatic heterocycles. The molecule has 3 nitrogen and oxygen atoms in total. The van der Waals surface area contributed by atoms with Crippen molar-refractivity contribution >= 4 is 28.4 Å². The van der Waals surface area contributed by atoms with Crippen molar-refractivity contribution < 1.29 is 0 Å². The molecule has 1 N–H and O–H groups in total. The molecule has 2 saturated carbocycles. The van der Waals surface area contributed by atoms with E-state index >= 15 is 0 Å². The molecule has 0 aromatic carbocycles. The average Bonchev–Trinajstić information content (AvgIpc) is 2.94. The molecular weight excluding hydrogens is 250 g/mol. The second-order valence-electron chi connectivity index (χ2n) is 5.18. The first-order valence-corrected chi connectivity index (χ1v) is 8.44. The van der Waals surface area contributed by atoms with E-state index in [-0.39, 0.29) is 0 Å². The SMILES string of the molecule is CSC1(CNc2nc(C3CC3)ns2)CCCC1. The third kappa shape index (κ3) is 2.60. The summed E-state index contributed by atoms with van der Waals surface area (Å²) < 4.78 is 4.88. The summed E-state index contributed by atoms with van der Waals surface area (Å²) in [6.45, 7) is 1.05. The number of rotatable bonds is 5. The molecule has 0 unspecified atom stereocenters. The van der Waals surface area contributed by atoms with Crippen LogP contribution >= 0.6 is 23.3 Å². The maximum Gasteiger partial charge on any atom is 0.202 e. The van der Waals surface area contributed by atoms with Crippen molar-refractivity contribution in [1.82, 2.24) is 9.36 Å². The molecule has 0 atom stereocenters. The van der Waals surface area contributed by atoms with Crippen molar-refractivity contribution in [3.63, 3.8) is 0 Å². The van der Waals surface area contributed by atoms with Gasteiger partial charge in [-0.2, -0.15) is 16.1 Å². The van der Waals surface area contributed by atoms with Crippen LogP contribution < -0.4 is 5.32 Å². The fraction of sp³-hybridized carbons (Fsp3) is 0.833. The summed E-state index contributed by atoms with van der Waals surface area (Å²) in [5.41, 5.74) is 0. The number of aromatic nitrogens is 2. The summed E-state index contributed by atoms with van der Waals surface area (Å²) in [7, 11) is 0. The molecule has 3 rings (SSSR count). The smallest absolute Gasteiger partial charge is 0.202 e. The Balaban J connectivity index is 1.58. The molecular formula is C12H19N3S2. The van der Waals surface area contributed by atoms with Gasteiger partial charge in [-0.3, -0.25) is 0 Å². The van der Waals surface area contributed by atoms with Crippen LogP contribution in [0.4, 0.5) is 5.13 Å². The number of hydrogen-bond donors (Lipinski definition) is 1. The lowest BCUT2D eigenvalue weighted by molar-refractivity contribution is 0.639. The van der Waals surface area contributed by atoms with Crippen molar-refractivity contribution in [1.29, 1.82) is 0 Å². The predicted molar refractivity (Wildman–Crippen MR) is 75.1 cm³/mol. The molecule has 0 amide bonds. The Kier molecular flexibility index (Phi) is 3.30. The lowest BCUT2D eigenvalue weighted by Gasteiger charge is -2.26. The summed E-state index contributed by atoms with van der Waals surface area (Å²) >= 11 is 3.55. The molecule has 0 bridgehead atoms. The highest BCUT2D eigenvalue weighted by molar-refractivity contribution is 8.00. The molecule has 0 spiro atoms. The summed E-state index contributed by atoms with van der Waals surface area (Å²) in [6.07, 6.45) is 10.3. The fourth-order valence-corrected chi connectivity index (χ4v) is 4.08. The number of nitrogens with one attached hydrogen (secondary N) is 1. The standard InChI is InChI=1S/C12H19N3S2/c1-16-12(6-2-3-7-12)8-13-11-14-10(15-17-11)9-4-5-9/h9H,2-8H2,1H3,(H,13,14,15). The van der Waals surface area contributed by atoms with Gasteiger partial charge in [0.25, 0.3) is 0 Å². The van der Waals surface area contributed by atoms with Crippen molar-refractivity contribution in [2.75, 3.05) is 18.1 Å². The van der Waals surface area contributed by atoms with Crippen molar-refractivity contribution in [3.05, 3.63) is 5.82 Å². The van der Waals surface area contributed by atoms with Crippen molar-refractivity contribution in [2.45, 2.75) is 49.2 Å². The zero-order valence-electron chi connectivity index (χ0n) is 10.2. The van der Waals surface area contributed by atoms with Crippen LogP contribution in [0.25, 0.3) is 0 Å². The van der Waals surface area contributed by atoms with Gasteiger partial charge in [0, 0.05) is 28.7 Å². The molecule has 5 heteroatoms. The normalized spacial score (nSPS) is 22.9. The Morgan fingerprint density at radius 1 is 1.41 bits per heavy atom. The first-order chi connectivity index (χ1) is 8.31. The van der Waals surface area contributed by atoms with Crippen LogP contribution in [-0.4, -0.2) is 26.9 Å². The summed E-state index contributed by atoms with van der Waals surface area (Å²) in [4.78, 5) is 4.59. The highest BCUT2D eigenvalue weighted by atomic mass is 32.2. The lowest BCUT2D eigenvalue weighted by Crippen LogP contribution is -2.29. The molecule has 0 saturated heterocycles. The summed E-state index contributed by atoms with van der Waals surface area (Å²) in [5.74, 6) is 1.74. The monoisotopic (exact) mass is 269 g/mol. The molecule has 1 aromatic heterocycles. The Morgan fingerprint density at radius 3 is 2.82 bits per heavy atom. The van der Waals surface area contributed by atoms with E-state index < -0.39 is 0 Å². The minimum absolute atomic E-state index is 0.450. The Bertz CT molecular complexity index is 381. The largest absolute Gasteiger partial charge is 0.359 e.